The second kappa shape index (κ2) is 7.76. The molecule has 0 saturated carbocycles. The fourth-order valence-corrected chi connectivity index (χ4v) is 2.77. The van der Waals surface area contributed by atoms with Crippen LogP contribution < -0.4 is 10.2 Å². The van der Waals surface area contributed by atoms with E-state index in [0.29, 0.717) is 12.1 Å². The zero-order valence-corrected chi connectivity index (χ0v) is 13.9. The first-order valence-corrected chi connectivity index (χ1v) is 8.16. The molecule has 1 atom stereocenters. The van der Waals surface area contributed by atoms with Gasteiger partial charge in [-0.3, -0.25) is 0 Å². The topological polar surface area (TPSA) is 37.4 Å². The molecule has 0 aromatic carbocycles. The van der Waals surface area contributed by atoms with Crippen LogP contribution in [0.1, 0.15) is 44.9 Å². The van der Waals surface area contributed by atoms with Gasteiger partial charge in [0.2, 0.25) is 0 Å². The zero-order valence-electron chi connectivity index (χ0n) is 13.9. The Hall–Kier alpha value is -1.13. The summed E-state index contributed by atoms with van der Waals surface area (Å²) >= 11 is 0. The number of pyridine rings is 1. The summed E-state index contributed by atoms with van der Waals surface area (Å²) in [6.45, 7) is 12.2. The van der Waals surface area contributed by atoms with Crippen LogP contribution in [0, 0.1) is 6.92 Å². The van der Waals surface area contributed by atoms with Gasteiger partial charge in [-0.1, -0.05) is 19.9 Å². The first kappa shape index (κ1) is 16.2. The van der Waals surface area contributed by atoms with Crippen molar-refractivity contribution in [2.75, 3.05) is 24.6 Å². The van der Waals surface area contributed by atoms with Crippen molar-refractivity contribution in [1.29, 1.82) is 0 Å². The highest BCUT2D eigenvalue weighted by molar-refractivity contribution is 5.42. The highest BCUT2D eigenvalue weighted by Crippen LogP contribution is 2.21. The molecule has 1 aliphatic rings. The van der Waals surface area contributed by atoms with Crippen LogP contribution in [-0.2, 0) is 11.3 Å². The molecule has 1 aromatic rings. The molecule has 1 N–H and O–H groups in total. The maximum Gasteiger partial charge on any atom is 0.128 e. The second-order valence-electron chi connectivity index (χ2n) is 6.12. The minimum absolute atomic E-state index is 0.355. The predicted octanol–water partition coefficient (Wildman–Crippen LogP) is 2.89. The van der Waals surface area contributed by atoms with Gasteiger partial charge in [0, 0.05) is 38.0 Å². The maximum atomic E-state index is 5.77. The van der Waals surface area contributed by atoms with Crippen molar-refractivity contribution in [3.8, 4) is 0 Å². The molecular formula is C17H29N3O. The Morgan fingerprint density at radius 2 is 2.24 bits per heavy atom. The van der Waals surface area contributed by atoms with Gasteiger partial charge >= 0.3 is 0 Å². The van der Waals surface area contributed by atoms with E-state index in [1.54, 1.807) is 0 Å². The molecule has 1 fully saturated rings. The van der Waals surface area contributed by atoms with Crippen molar-refractivity contribution < 1.29 is 4.74 Å². The molecule has 0 spiro atoms. The number of rotatable bonds is 6. The number of piperidine rings is 1. The van der Waals surface area contributed by atoms with Crippen LogP contribution in [0.25, 0.3) is 0 Å². The van der Waals surface area contributed by atoms with Gasteiger partial charge in [-0.05, 0) is 38.3 Å². The number of hydrogen-bond acceptors (Lipinski definition) is 4. The van der Waals surface area contributed by atoms with Gasteiger partial charge in [0.1, 0.15) is 5.82 Å². The van der Waals surface area contributed by atoms with Crippen LogP contribution in [-0.4, -0.2) is 36.8 Å². The Kier molecular flexibility index (Phi) is 6.00. The number of nitrogens with one attached hydrogen (secondary N) is 1. The fraction of sp³-hybridized carbons (Fsp3) is 0.706. The van der Waals surface area contributed by atoms with Gasteiger partial charge in [0.05, 0.1) is 6.10 Å². The van der Waals surface area contributed by atoms with Crippen molar-refractivity contribution in [2.24, 2.45) is 0 Å². The van der Waals surface area contributed by atoms with E-state index in [0.717, 1.165) is 37.8 Å². The average molecular weight is 291 g/mol. The molecule has 0 bridgehead atoms. The molecule has 1 aromatic heterocycles. The third kappa shape index (κ3) is 4.68. The molecule has 1 saturated heterocycles. The molecule has 0 radical (unpaired) electrons. The Balaban J connectivity index is 2.01. The molecule has 1 aliphatic heterocycles. The normalized spacial score (nSPS) is 19.3. The summed E-state index contributed by atoms with van der Waals surface area (Å²) in [5.74, 6) is 1.09. The van der Waals surface area contributed by atoms with Crippen LogP contribution in [0.4, 0.5) is 5.82 Å². The lowest BCUT2D eigenvalue weighted by molar-refractivity contribution is 0.0525. The first-order chi connectivity index (χ1) is 10.1. The smallest absolute Gasteiger partial charge is 0.128 e. The SMILES string of the molecule is CCOC1CCCN(c2ccc(CNC(C)C)c(C)n2)C1. The number of nitrogens with zero attached hydrogens (tertiary/aromatic N) is 2. The molecule has 118 valence electrons. The second-order valence-corrected chi connectivity index (χ2v) is 6.12. The number of aryl methyl sites for hydroxylation is 1. The van der Waals surface area contributed by atoms with Crippen LogP contribution >= 0.6 is 0 Å². The molecular weight excluding hydrogens is 262 g/mol. The highest BCUT2D eigenvalue weighted by Gasteiger charge is 2.21. The van der Waals surface area contributed by atoms with Crippen molar-refractivity contribution in [3.63, 3.8) is 0 Å². The Bertz CT molecular complexity index is 446. The lowest BCUT2D eigenvalue weighted by Gasteiger charge is -2.33. The lowest BCUT2D eigenvalue weighted by atomic mass is 10.1. The summed E-state index contributed by atoms with van der Waals surface area (Å²) in [7, 11) is 0. The third-order valence-electron chi connectivity index (χ3n) is 3.99. The molecule has 2 heterocycles. The van der Waals surface area contributed by atoms with E-state index in [-0.39, 0.29) is 0 Å². The van der Waals surface area contributed by atoms with E-state index >= 15 is 0 Å². The summed E-state index contributed by atoms with van der Waals surface area (Å²) < 4.78 is 5.77. The van der Waals surface area contributed by atoms with Gasteiger partial charge in [-0.25, -0.2) is 4.98 Å². The number of aromatic nitrogens is 1. The van der Waals surface area contributed by atoms with E-state index in [9.17, 15) is 0 Å². The van der Waals surface area contributed by atoms with Crippen LogP contribution in [0.2, 0.25) is 0 Å². The summed E-state index contributed by atoms with van der Waals surface area (Å²) in [4.78, 5) is 7.16. The number of anilines is 1. The van der Waals surface area contributed by atoms with E-state index in [1.165, 1.54) is 18.4 Å². The molecule has 0 amide bonds. The van der Waals surface area contributed by atoms with E-state index < -0.39 is 0 Å². The summed E-state index contributed by atoms with van der Waals surface area (Å²) in [6.07, 6.45) is 2.70. The molecule has 21 heavy (non-hydrogen) atoms. The molecule has 0 aliphatic carbocycles. The largest absolute Gasteiger partial charge is 0.377 e. The minimum Gasteiger partial charge on any atom is -0.377 e. The molecule has 1 unspecified atom stereocenters. The Morgan fingerprint density at radius 1 is 1.43 bits per heavy atom. The molecule has 4 nitrogen and oxygen atoms in total. The van der Waals surface area contributed by atoms with Gasteiger partial charge in [-0.2, -0.15) is 0 Å². The zero-order chi connectivity index (χ0) is 15.2. The van der Waals surface area contributed by atoms with E-state index in [1.807, 2.05) is 0 Å². The first-order valence-electron chi connectivity index (χ1n) is 8.16. The fourth-order valence-electron chi connectivity index (χ4n) is 2.77. The van der Waals surface area contributed by atoms with E-state index in [2.05, 4.69) is 50.0 Å². The van der Waals surface area contributed by atoms with Crippen LogP contribution in [0.3, 0.4) is 0 Å². The van der Waals surface area contributed by atoms with Crippen LogP contribution in [0.5, 0.6) is 0 Å². The highest BCUT2D eigenvalue weighted by atomic mass is 16.5. The van der Waals surface area contributed by atoms with Crippen molar-refractivity contribution in [1.82, 2.24) is 10.3 Å². The Morgan fingerprint density at radius 3 is 2.90 bits per heavy atom. The third-order valence-corrected chi connectivity index (χ3v) is 3.99. The monoisotopic (exact) mass is 291 g/mol. The summed E-state index contributed by atoms with van der Waals surface area (Å²) in [6, 6.07) is 4.86. The van der Waals surface area contributed by atoms with Gasteiger partial charge in [-0.15, -0.1) is 0 Å². The van der Waals surface area contributed by atoms with Crippen molar-refractivity contribution in [3.05, 3.63) is 23.4 Å². The van der Waals surface area contributed by atoms with Gasteiger partial charge < -0.3 is 15.0 Å². The van der Waals surface area contributed by atoms with Gasteiger partial charge in [0.15, 0.2) is 0 Å². The standard InChI is InChI=1S/C17H29N3O/c1-5-21-16-7-6-10-20(12-16)17-9-8-15(14(4)19-17)11-18-13(2)3/h8-9,13,16,18H,5-7,10-12H2,1-4H3. The number of ether oxygens (including phenoxy) is 1. The summed E-state index contributed by atoms with van der Waals surface area (Å²) in [5.41, 5.74) is 2.41. The van der Waals surface area contributed by atoms with Crippen molar-refractivity contribution >= 4 is 5.82 Å². The molecule has 4 heteroatoms. The van der Waals surface area contributed by atoms with Crippen molar-refractivity contribution in [2.45, 2.75) is 59.2 Å². The van der Waals surface area contributed by atoms with Gasteiger partial charge in [0.25, 0.3) is 0 Å². The Labute approximate surface area is 128 Å². The van der Waals surface area contributed by atoms with Crippen LogP contribution in [0.15, 0.2) is 12.1 Å². The lowest BCUT2D eigenvalue weighted by Crippen LogP contribution is -2.40. The maximum absolute atomic E-state index is 5.77. The predicted molar refractivity (Wildman–Crippen MR) is 87.8 cm³/mol. The van der Waals surface area contributed by atoms with E-state index in [4.69, 9.17) is 9.72 Å². The molecule has 2 rings (SSSR count). The minimum atomic E-state index is 0.355. The quantitative estimate of drug-likeness (QED) is 0.874. The number of hydrogen-bond donors (Lipinski definition) is 1. The average Bonchev–Trinajstić information content (AvgIpc) is 2.46. The summed E-state index contributed by atoms with van der Waals surface area (Å²) in [5, 5.41) is 3.45.